The third kappa shape index (κ3) is 3.99. The molecule has 1 fully saturated rings. The fraction of sp³-hybridized carbons (Fsp3) is 0.348. The van der Waals surface area contributed by atoms with Crippen LogP contribution >= 0.6 is 0 Å². The molecule has 0 spiro atoms. The van der Waals surface area contributed by atoms with Crippen molar-refractivity contribution in [3.05, 3.63) is 40.6 Å². The Morgan fingerprint density at radius 1 is 0.941 bits per heavy atom. The summed E-state index contributed by atoms with van der Waals surface area (Å²) < 4.78 is 27.5. The first-order chi connectivity index (χ1) is 16.2. The zero-order chi connectivity index (χ0) is 24.7. The van der Waals surface area contributed by atoms with Crippen LogP contribution in [-0.4, -0.2) is 64.5 Å². The molecule has 5 atom stereocenters. The maximum atomic E-state index is 13.4. The van der Waals surface area contributed by atoms with E-state index in [2.05, 4.69) is 0 Å². The Morgan fingerprint density at radius 2 is 1.65 bits per heavy atom. The first-order valence-corrected chi connectivity index (χ1v) is 10.3. The Hall–Kier alpha value is -3.51. The van der Waals surface area contributed by atoms with E-state index in [0.29, 0.717) is 17.1 Å². The third-order valence-electron chi connectivity index (χ3n) is 5.68. The van der Waals surface area contributed by atoms with Gasteiger partial charge in [0.1, 0.15) is 28.6 Å². The van der Waals surface area contributed by atoms with Crippen molar-refractivity contribution in [2.24, 2.45) is 5.92 Å². The second kappa shape index (κ2) is 9.03. The van der Waals surface area contributed by atoms with E-state index in [4.69, 9.17) is 23.4 Å². The van der Waals surface area contributed by atoms with Gasteiger partial charge in [0.15, 0.2) is 23.5 Å². The van der Waals surface area contributed by atoms with Gasteiger partial charge in [0.05, 0.1) is 20.3 Å². The number of phenols is 2. The number of aromatic hydroxyl groups is 2. The quantitative estimate of drug-likeness (QED) is 0.360. The van der Waals surface area contributed by atoms with Crippen LogP contribution in [0.5, 0.6) is 28.7 Å². The summed E-state index contributed by atoms with van der Waals surface area (Å²) in [5, 5.41) is 49.9. The van der Waals surface area contributed by atoms with Gasteiger partial charge in [0, 0.05) is 23.6 Å². The minimum atomic E-state index is -1.77. The lowest BCUT2D eigenvalue weighted by atomic mass is 9.96. The maximum Gasteiger partial charge on any atom is 0.239 e. The Kier molecular flexibility index (Phi) is 6.28. The highest BCUT2D eigenvalue weighted by Crippen LogP contribution is 2.40. The fourth-order valence-electron chi connectivity index (χ4n) is 3.78. The van der Waals surface area contributed by atoms with Gasteiger partial charge < -0.3 is 48.9 Å². The Bertz CT molecular complexity index is 1270. The molecule has 5 unspecified atom stereocenters. The molecule has 1 aromatic heterocycles. The minimum Gasteiger partial charge on any atom is -0.508 e. The molecular weight excluding hydrogens is 452 g/mol. The number of methoxy groups -OCH3 is 2. The number of rotatable bonds is 5. The molecule has 0 aliphatic carbocycles. The number of fused-ring (bicyclic) bond motifs is 1. The number of phenolic OH excluding ortho intramolecular Hbond substituents is 2. The zero-order valence-corrected chi connectivity index (χ0v) is 18.5. The van der Waals surface area contributed by atoms with Crippen LogP contribution < -0.4 is 19.6 Å². The topological polar surface area (TPSA) is 168 Å². The molecule has 2 heterocycles. The monoisotopic (exact) mass is 476 g/mol. The molecule has 3 aromatic rings. The molecule has 0 bridgehead atoms. The van der Waals surface area contributed by atoms with Crippen molar-refractivity contribution in [2.45, 2.75) is 31.7 Å². The molecule has 1 saturated heterocycles. The van der Waals surface area contributed by atoms with Crippen LogP contribution in [0.25, 0.3) is 22.3 Å². The molecule has 182 valence electrons. The molecule has 0 saturated carbocycles. The van der Waals surface area contributed by atoms with Crippen LogP contribution in [0, 0.1) is 5.92 Å². The highest BCUT2D eigenvalue weighted by molar-refractivity contribution is 5.88. The number of ether oxygens (including phenoxy) is 4. The summed E-state index contributed by atoms with van der Waals surface area (Å²) in [7, 11) is 2.89. The first kappa shape index (κ1) is 23.6. The van der Waals surface area contributed by atoms with Gasteiger partial charge in [-0.05, 0) is 18.2 Å². The van der Waals surface area contributed by atoms with Crippen molar-refractivity contribution in [1.82, 2.24) is 0 Å². The van der Waals surface area contributed by atoms with E-state index in [1.165, 1.54) is 27.2 Å². The lowest BCUT2D eigenvalue weighted by Gasteiger charge is -2.38. The third-order valence-corrected chi connectivity index (χ3v) is 5.68. The average molecular weight is 476 g/mol. The Morgan fingerprint density at radius 3 is 2.32 bits per heavy atom. The highest BCUT2D eigenvalue weighted by atomic mass is 16.7. The van der Waals surface area contributed by atoms with Gasteiger partial charge >= 0.3 is 0 Å². The van der Waals surface area contributed by atoms with Gasteiger partial charge in [0.25, 0.3) is 0 Å². The largest absolute Gasteiger partial charge is 0.508 e. The molecule has 11 nitrogen and oxygen atoms in total. The fourth-order valence-corrected chi connectivity index (χ4v) is 3.78. The number of benzene rings is 2. The van der Waals surface area contributed by atoms with Crippen molar-refractivity contribution in [2.75, 3.05) is 14.2 Å². The van der Waals surface area contributed by atoms with Crippen molar-refractivity contribution in [3.63, 3.8) is 0 Å². The van der Waals surface area contributed by atoms with Gasteiger partial charge in [-0.2, -0.15) is 0 Å². The molecule has 34 heavy (non-hydrogen) atoms. The van der Waals surface area contributed by atoms with Gasteiger partial charge in [0.2, 0.25) is 17.5 Å². The lowest BCUT2D eigenvalue weighted by molar-refractivity contribution is -0.306. The molecule has 2 aromatic carbocycles. The highest BCUT2D eigenvalue weighted by Gasteiger charge is 2.43. The van der Waals surface area contributed by atoms with E-state index >= 15 is 0 Å². The summed E-state index contributed by atoms with van der Waals surface area (Å²) in [6.45, 7) is 1.50. The SMILES string of the molecule is COc1ccc(-c2oc3cc(O)cc(O)c3c(=O)c2OC2OC(O)C(O)C(O)C2C)cc1OC. The van der Waals surface area contributed by atoms with Crippen molar-refractivity contribution >= 4 is 11.0 Å². The van der Waals surface area contributed by atoms with Crippen LogP contribution in [0.1, 0.15) is 6.92 Å². The Labute approximate surface area is 192 Å². The normalized spacial score (nSPS) is 24.7. The smallest absolute Gasteiger partial charge is 0.239 e. The van der Waals surface area contributed by atoms with E-state index in [0.717, 1.165) is 12.1 Å². The van der Waals surface area contributed by atoms with Crippen molar-refractivity contribution in [1.29, 1.82) is 0 Å². The van der Waals surface area contributed by atoms with Gasteiger partial charge in [-0.1, -0.05) is 6.92 Å². The summed E-state index contributed by atoms with van der Waals surface area (Å²) in [4.78, 5) is 13.4. The summed E-state index contributed by atoms with van der Waals surface area (Å²) in [6.07, 6.45) is -6.10. The molecule has 0 amide bonds. The van der Waals surface area contributed by atoms with E-state index in [1.54, 1.807) is 12.1 Å². The number of hydrogen-bond acceptors (Lipinski definition) is 11. The van der Waals surface area contributed by atoms with E-state index in [9.17, 15) is 30.3 Å². The molecular formula is C23H24O11. The van der Waals surface area contributed by atoms with Crippen molar-refractivity contribution in [3.8, 4) is 40.1 Å². The summed E-state index contributed by atoms with van der Waals surface area (Å²) in [5.41, 5.74) is -0.596. The Balaban J connectivity index is 1.92. The average Bonchev–Trinajstić information content (AvgIpc) is 2.81. The van der Waals surface area contributed by atoms with Gasteiger partial charge in [-0.15, -0.1) is 0 Å². The lowest BCUT2D eigenvalue weighted by Crippen LogP contribution is -2.55. The summed E-state index contributed by atoms with van der Waals surface area (Å²) in [5.74, 6) is -1.49. The molecule has 11 heteroatoms. The van der Waals surface area contributed by atoms with E-state index < -0.39 is 47.6 Å². The van der Waals surface area contributed by atoms with Crippen LogP contribution in [0.2, 0.25) is 0 Å². The number of aliphatic hydroxyl groups is 3. The van der Waals surface area contributed by atoms with E-state index in [1.807, 2.05) is 0 Å². The van der Waals surface area contributed by atoms with Gasteiger partial charge in [-0.3, -0.25) is 4.79 Å². The first-order valence-electron chi connectivity index (χ1n) is 10.3. The maximum absolute atomic E-state index is 13.4. The summed E-state index contributed by atoms with van der Waals surface area (Å²) in [6, 6.07) is 6.80. The number of hydrogen-bond donors (Lipinski definition) is 5. The second-order valence-electron chi connectivity index (χ2n) is 7.85. The summed E-state index contributed by atoms with van der Waals surface area (Å²) >= 11 is 0. The van der Waals surface area contributed by atoms with Crippen LogP contribution in [0.4, 0.5) is 0 Å². The van der Waals surface area contributed by atoms with Gasteiger partial charge in [-0.25, -0.2) is 0 Å². The molecule has 4 rings (SSSR count). The zero-order valence-electron chi connectivity index (χ0n) is 18.5. The minimum absolute atomic E-state index is 0.102. The van der Waals surface area contributed by atoms with E-state index in [-0.39, 0.29) is 22.5 Å². The second-order valence-corrected chi connectivity index (χ2v) is 7.85. The molecule has 1 aliphatic rings. The molecule has 0 radical (unpaired) electrons. The van der Waals surface area contributed by atoms with Crippen LogP contribution in [-0.2, 0) is 4.74 Å². The predicted molar refractivity (Wildman–Crippen MR) is 117 cm³/mol. The molecule has 5 N–H and O–H groups in total. The van der Waals surface area contributed by atoms with Crippen molar-refractivity contribution < 1.29 is 48.9 Å². The standard InChI is InChI=1S/C23H24O11/c1-9-17(26)19(28)22(29)34-23(9)33-21-18(27)16-12(25)7-11(24)8-15(16)32-20(21)10-4-5-13(30-2)14(6-10)31-3/h4-9,17,19,22-26,28-29H,1-3H3. The molecule has 1 aliphatic heterocycles. The van der Waals surface area contributed by atoms with Crippen LogP contribution in [0.15, 0.2) is 39.5 Å². The predicted octanol–water partition coefficient (Wildman–Crippen LogP) is 1.30. The van der Waals surface area contributed by atoms with Crippen LogP contribution in [0.3, 0.4) is 0 Å². The number of aliphatic hydroxyl groups excluding tert-OH is 3.